The van der Waals surface area contributed by atoms with E-state index in [0.29, 0.717) is 13.1 Å². The zero-order chi connectivity index (χ0) is 10.4. The number of hydrogen-bond donors (Lipinski definition) is 2. The third-order valence-corrected chi connectivity index (χ3v) is 1.71. The summed E-state index contributed by atoms with van der Waals surface area (Å²) in [6, 6.07) is -0.806. The molecular formula is C9H18N2O2. The Hall–Kier alpha value is -0.870. The monoisotopic (exact) mass is 186 g/mol. The highest BCUT2D eigenvalue weighted by Crippen LogP contribution is 1.96. The molecule has 0 aromatic carbocycles. The molecule has 0 fully saturated rings. The van der Waals surface area contributed by atoms with Crippen molar-refractivity contribution in [3.05, 3.63) is 12.2 Å². The van der Waals surface area contributed by atoms with Gasteiger partial charge in [0.25, 0.3) is 0 Å². The maximum atomic E-state index is 10.5. The fourth-order valence-electron chi connectivity index (χ4n) is 1.04. The van der Waals surface area contributed by atoms with E-state index in [1.807, 2.05) is 18.7 Å². The molecule has 1 unspecified atom stereocenters. The molecule has 0 aliphatic carbocycles. The molecule has 0 spiro atoms. The van der Waals surface area contributed by atoms with Crippen molar-refractivity contribution in [2.24, 2.45) is 5.73 Å². The van der Waals surface area contributed by atoms with Crippen molar-refractivity contribution in [3.8, 4) is 0 Å². The number of carboxylic acids is 1. The molecule has 0 amide bonds. The van der Waals surface area contributed by atoms with Gasteiger partial charge in [-0.3, -0.25) is 9.69 Å². The summed E-state index contributed by atoms with van der Waals surface area (Å²) in [5, 5.41) is 8.59. The molecule has 0 saturated carbocycles. The second kappa shape index (κ2) is 5.72. The van der Waals surface area contributed by atoms with Gasteiger partial charge in [0.1, 0.15) is 6.04 Å². The van der Waals surface area contributed by atoms with Gasteiger partial charge in [0, 0.05) is 13.1 Å². The summed E-state index contributed by atoms with van der Waals surface area (Å²) in [6.07, 6.45) is 0. The Labute approximate surface area is 79.0 Å². The molecule has 76 valence electrons. The molecule has 0 rings (SSSR count). The standard InChI is InChI=1S/C9H18N2O2/c1-4-11(5-7(2)3)6-8(10)9(12)13/h8H,2,4-6,10H2,1,3H3,(H,12,13). The Bertz CT molecular complexity index is 192. The Kier molecular flexibility index (Phi) is 5.34. The van der Waals surface area contributed by atoms with Gasteiger partial charge in [-0.05, 0) is 13.5 Å². The maximum absolute atomic E-state index is 10.5. The third kappa shape index (κ3) is 5.38. The van der Waals surface area contributed by atoms with Crippen LogP contribution < -0.4 is 5.73 Å². The average molecular weight is 186 g/mol. The lowest BCUT2D eigenvalue weighted by Gasteiger charge is -2.22. The van der Waals surface area contributed by atoms with E-state index in [9.17, 15) is 4.79 Å². The molecule has 3 N–H and O–H groups in total. The number of carbonyl (C=O) groups is 1. The topological polar surface area (TPSA) is 66.6 Å². The van der Waals surface area contributed by atoms with Gasteiger partial charge in [0.05, 0.1) is 0 Å². The van der Waals surface area contributed by atoms with Crippen LogP contribution in [0.3, 0.4) is 0 Å². The SMILES string of the molecule is C=C(C)CN(CC)CC(N)C(=O)O. The number of aliphatic carboxylic acids is 1. The van der Waals surface area contributed by atoms with Gasteiger partial charge in [-0.1, -0.05) is 19.1 Å². The Morgan fingerprint density at radius 2 is 2.23 bits per heavy atom. The van der Waals surface area contributed by atoms with Crippen molar-refractivity contribution in [3.63, 3.8) is 0 Å². The zero-order valence-electron chi connectivity index (χ0n) is 8.29. The van der Waals surface area contributed by atoms with Crippen LogP contribution in [0.5, 0.6) is 0 Å². The molecule has 4 heteroatoms. The predicted molar refractivity (Wildman–Crippen MR) is 52.5 cm³/mol. The molecule has 0 radical (unpaired) electrons. The summed E-state index contributed by atoms with van der Waals surface area (Å²) < 4.78 is 0. The minimum Gasteiger partial charge on any atom is -0.480 e. The lowest BCUT2D eigenvalue weighted by Crippen LogP contribution is -2.43. The van der Waals surface area contributed by atoms with E-state index < -0.39 is 12.0 Å². The van der Waals surface area contributed by atoms with Crippen LogP contribution in [0.15, 0.2) is 12.2 Å². The van der Waals surface area contributed by atoms with Crippen LogP contribution in [0, 0.1) is 0 Å². The molecule has 0 aromatic rings. The molecule has 0 aliphatic rings. The van der Waals surface area contributed by atoms with Gasteiger partial charge < -0.3 is 10.8 Å². The molecule has 13 heavy (non-hydrogen) atoms. The predicted octanol–water partition coefficient (Wildman–Crippen LogP) is 0.296. The van der Waals surface area contributed by atoms with Crippen LogP contribution in [0.2, 0.25) is 0 Å². The summed E-state index contributed by atoms with van der Waals surface area (Å²) >= 11 is 0. The van der Waals surface area contributed by atoms with Gasteiger partial charge >= 0.3 is 5.97 Å². The van der Waals surface area contributed by atoms with Crippen molar-refractivity contribution in [1.82, 2.24) is 4.90 Å². The first kappa shape index (κ1) is 12.1. The van der Waals surface area contributed by atoms with Gasteiger partial charge in [-0.25, -0.2) is 0 Å². The molecule has 4 nitrogen and oxygen atoms in total. The van der Waals surface area contributed by atoms with Crippen molar-refractivity contribution in [1.29, 1.82) is 0 Å². The number of likely N-dealkylation sites (N-methyl/N-ethyl adjacent to an activating group) is 1. The van der Waals surface area contributed by atoms with E-state index in [1.165, 1.54) is 0 Å². The molecule has 0 bridgehead atoms. The molecular weight excluding hydrogens is 168 g/mol. The fourth-order valence-corrected chi connectivity index (χ4v) is 1.04. The summed E-state index contributed by atoms with van der Waals surface area (Å²) in [6.45, 7) is 9.51. The van der Waals surface area contributed by atoms with E-state index in [4.69, 9.17) is 10.8 Å². The van der Waals surface area contributed by atoms with Crippen molar-refractivity contribution < 1.29 is 9.90 Å². The Morgan fingerprint density at radius 1 is 1.69 bits per heavy atom. The zero-order valence-corrected chi connectivity index (χ0v) is 8.29. The minimum atomic E-state index is -0.958. The van der Waals surface area contributed by atoms with E-state index in [2.05, 4.69) is 6.58 Å². The quantitative estimate of drug-likeness (QED) is 0.585. The number of nitrogens with zero attached hydrogens (tertiary/aromatic N) is 1. The van der Waals surface area contributed by atoms with E-state index in [1.54, 1.807) is 0 Å². The Morgan fingerprint density at radius 3 is 2.54 bits per heavy atom. The lowest BCUT2D eigenvalue weighted by molar-refractivity contribution is -0.138. The largest absolute Gasteiger partial charge is 0.480 e. The van der Waals surface area contributed by atoms with E-state index >= 15 is 0 Å². The highest BCUT2D eigenvalue weighted by Gasteiger charge is 2.14. The molecule has 1 atom stereocenters. The summed E-state index contributed by atoms with van der Waals surface area (Å²) in [4.78, 5) is 12.4. The van der Waals surface area contributed by atoms with Crippen LogP contribution in [0.1, 0.15) is 13.8 Å². The summed E-state index contributed by atoms with van der Waals surface area (Å²) in [5.74, 6) is -0.958. The molecule has 0 heterocycles. The summed E-state index contributed by atoms with van der Waals surface area (Å²) in [7, 11) is 0. The number of hydrogen-bond acceptors (Lipinski definition) is 3. The van der Waals surface area contributed by atoms with Crippen LogP contribution >= 0.6 is 0 Å². The molecule has 0 saturated heterocycles. The first-order valence-electron chi connectivity index (χ1n) is 4.32. The van der Waals surface area contributed by atoms with Crippen LogP contribution in [0.25, 0.3) is 0 Å². The smallest absolute Gasteiger partial charge is 0.321 e. The van der Waals surface area contributed by atoms with Gasteiger partial charge in [-0.15, -0.1) is 0 Å². The first-order chi connectivity index (χ1) is 5.97. The fraction of sp³-hybridized carbons (Fsp3) is 0.667. The normalized spacial score (nSPS) is 12.9. The van der Waals surface area contributed by atoms with Crippen molar-refractivity contribution in [2.45, 2.75) is 19.9 Å². The van der Waals surface area contributed by atoms with Crippen molar-refractivity contribution >= 4 is 5.97 Å². The minimum absolute atomic E-state index is 0.374. The van der Waals surface area contributed by atoms with Crippen LogP contribution in [0.4, 0.5) is 0 Å². The van der Waals surface area contributed by atoms with Crippen molar-refractivity contribution in [2.75, 3.05) is 19.6 Å². The number of carboxylic acid groups (broad SMARTS) is 1. The third-order valence-electron chi connectivity index (χ3n) is 1.71. The number of rotatable bonds is 6. The first-order valence-corrected chi connectivity index (χ1v) is 4.32. The van der Waals surface area contributed by atoms with Crippen LogP contribution in [-0.2, 0) is 4.79 Å². The van der Waals surface area contributed by atoms with E-state index in [-0.39, 0.29) is 0 Å². The second-order valence-corrected chi connectivity index (χ2v) is 3.23. The van der Waals surface area contributed by atoms with Gasteiger partial charge in [-0.2, -0.15) is 0 Å². The second-order valence-electron chi connectivity index (χ2n) is 3.23. The summed E-state index contributed by atoms with van der Waals surface area (Å²) in [5.41, 5.74) is 6.41. The highest BCUT2D eigenvalue weighted by molar-refractivity contribution is 5.73. The highest BCUT2D eigenvalue weighted by atomic mass is 16.4. The maximum Gasteiger partial charge on any atom is 0.321 e. The van der Waals surface area contributed by atoms with Gasteiger partial charge in [0.15, 0.2) is 0 Å². The molecule has 0 aromatic heterocycles. The molecule has 0 aliphatic heterocycles. The average Bonchev–Trinajstić information content (AvgIpc) is 2.02. The number of nitrogens with two attached hydrogens (primary N) is 1. The lowest BCUT2D eigenvalue weighted by atomic mass is 10.2. The van der Waals surface area contributed by atoms with E-state index in [0.717, 1.165) is 12.1 Å². The van der Waals surface area contributed by atoms with Crippen LogP contribution in [-0.4, -0.2) is 41.7 Å². The Balaban J connectivity index is 3.97. The van der Waals surface area contributed by atoms with Gasteiger partial charge in [0.2, 0.25) is 0 Å².